The van der Waals surface area contributed by atoms with Gasteiger partial charge in [0.25, 0.3) is 0 Å². The third-order valence-electron chi connectivity index (χ3n) is 3.04. The van der Waals surface area contributed by atoms with Crippen molar-refractivity contribution in [2.24, 2.45) is 0 Å². The summed E-state index contributed by atoms with van der Waals surface area (Å²) in [5.74, 6) is 1.37. The molecule has 24 heavy (non-hydrogen) atoms. The van der Waals surface area contributed by atoms with Crippen molar-refractivity contribution in [3.8, 4) is 11.5 Å². The van der Waals surface area contributed by atoms with Crippen LogP contribution in [-0.2, 0) is 0 Å². The fourth-order valence-corrected chi connectivity index (χ4v) is 2.13. The summed E-state index contributed by atoms with van der Waals surface area (Å²) in [6, 6.07) is 14.2. The Hall–Kier alpha value is -2.40. The van der Waals surface area contributed by atoms with Crippen molar-refractivity contribution in [3.05, 3.63) is 53.6 Å². The number of urea groups is 1. The molecular formula is C18H21ClN2O3. The van der Waals surface area contributed by atoms with E-state index >= 15 is 0 Å². The molecule has 0 heterocycles. The van der Waals surface area contributed by atoms with Gasteiger partial charge in [0.05, 0.1) is 0 Å². The topological polar surface area (TPSA) is 59.6 Å². The van der Waals surface area contributed by atoms with Crippen LogP contribution >= 0.6 is 11.6 Å². The predicted molar refractivity (Wildman–Crippen MR) is 96.2 cm³/mol. The quantitative estimate of drug-likeness (QED) is 0.698. The monoisotopic (exact) mass is 348 g/mol. The lowest BCUT2D eigenvalue weighted by atomic mass is 10.3. The molecule has 5 nitrogen and oxygen atoms in total. The normalized spacial score (nSPS) is 10.1. The van der Waals surface area contributed by atoms with E-state index in [1.54, 1.807) is 24.3 Å². The van der Waals surface area contributed by atoms with Crippen molar-refractivity contribution < 1.29 is 14.3 Å². The Morgan fingerprint density at radius 2 is 1.71 bits per heavy atom. The number of nitrogens with one attached hydrogen (secondary N) is 2. The summed E-state index contributed by atoms with van der Waals surface area (Å²) in [5.41, 5.74) is 0.678. The molecule has 6 heteroatoms. The SMILES string of the molecule is CCCNC(=O)Nc1cccc(OCCOc2cccc(Cl)c2)c1. The van der Waals surface area contributed by atoms with Gasteiger partial charge in [-0.25, -0.2) is 4.79 Å². The van der Waals surface area contributed by atoms with Crippen molar-refractivity contribution in [1.29, 1.82) is 0 Å². The standard InChI is InChI=1S/C18H21ClN2O3/c1-2-9-20-18(22)21-15-6-4-8-17(13-15)24-11-10-23-16-7-3-5-14(19)12-16/h3-8,12-13H,2,9-11H2,1H3,(H2,20,21,22). The Morgan fingerprint density at radius 1 is 1.04 bits per heavy atom. The lowest BCUT2D eigenvalue weighted by molar-refractivity contribution is 0.217. The van der Waals surface area contributed by atoms with Crippen LogP contribution in [0.2, 0.25) is 5.02 Å². The van der Waals surface area contributed by atoms with Gasteiger partial charge in [0.2, 0.25) is 0 Å². The Balaban J connectivity index is 1.76. The van der Waals surface area contributed by atoms with Crippen molar-refractivity contribution in [1.82, 2.24) is 5.32 Å². The van der Waals surface area contributed by atoms with Gasteiger partial charge in [-0.3, -0.25) is 0 Å². The van der Waals surface area contributed by atoms with Gasteiger partial charge in [-0.2, -0.15) is 0 Å². The van der Waals surface area contributed by atoms with Crippen LogP contribution < -0.4 is 20.1 Å². The molecule has 0 aliphatic heterocycles. The zero-order valence-corrected chi connectivity index (χ0v) is 14.3. The summed E-state index contributed by atoms with van der Waals surface area (Å²) < 4.78 is 11.2. The number of amides is 2. The van der Waals surface area contributed by atoms with E-state index in [1.165, 1.54) is 0 Å². The molecule has 128 valence electrons. The first-order chi connectivity index (χ1) is 11.7. The van der Waals surface area contributed by atoms with Gasteiger partial charge in [-0.1, -0.05) is 30.7 Å². The summed E-state index contributed by atoms with van der Waals surface area (Å²) >= 11 is 5.89. The van der Waals surface area contributed by atoms with E-state index in [9.17, 15) is 4.79 Å². The summed E-state index contributed by atoms with van der Waals surface area (Å²) in [7, 11) is 0. The zero-order valence-electron chi connectivity index (χ0n) is 13.5. The number of hydrogen-bond donors (Lipinski definition) is 2. The number of carbonyl (C=O) groups is 1. The Morgan fingerprint density at radius 3 is 2.38 bits per heavy atom. The Bertz CT molecular complexity index is 664. The number of carbonyl (C=O) groups excluding carboxylic acids is 1. The van der Waals surface area contributed by atoms with Crippen LogP contribution in [-0.4, -0.2) is 25.8 Å². The highest BCUT2D eigenvalue weighted by Gasteiger charge is 2.02. The molecule has 2 aromatic carbocycles. The van der Waals surface area contributed by atoms with Crippen LogP contribution in [0.5, 0.6) is 11.5 Å². The second kappa shape index (κ2) is 9.67. The highest BCUT2D eigenvalue weighted by molar-refractivity contribution is 6.30. The average molecular weight is 349 g/mol. The maximum atomic E-state index is 11.6. The summed E-state index contributed by atoms with van der Waals surface area (Å²) in [6.45, 7) is 3.43. The van der Waals surface area contributed by atoms with E-state index in [0.717, 1.165) is 6.42 Å². The van der Waals surface area contributed by atoms with Gasteiger partial charge in [0.15, 0.2) is 0 Å². The van der Waals surface area contributed by atoms with E-state index in [-0.39, 0.29) is 6.03 Å². The number of hydrogen-bond acceptors (Lipinski definition) is 3. The van der Waals surface area contributed by atoms with Crippen LogP contribution in [0.4, 0.5) is 10.5 Å². The molecule has 0 saturated carbocycles. The number of anilines is 1. The number of benzene rings is 2. The summed E-state index contributed by atoms with van der Waals surface area (Å²) in [4.78, 5) is 11.6. The highest BCUT2D eigenvalue weighted by Crippen LogP contribution is 2.18. The minimum Gasteiger partial charge on any atom is -0.490 e. The molecule has 2 amide bonds. The molecule has 2 rings (SSSR count). The van der Waals surface area contributed by atoms with Crippen molar-refractivity contribution in [3.63, 3.8) is 0 Å². The maximum Gasteiger partial charge on any atom is 0.319 e. The van der Waals surface area contributed by atoms with Crippen LogP contribution in [0.25, 0.3) is 0 Å². The second-order valence-corrected chi connectivity index (χ2v) is 5.50. The van der Waals surface area contributed by atoms with Crippen LogP contribution in [0.3, 0.4) is 0 Å². The molecule has 0 spiro atoms. The first kappa shape index (κ1) is 17.9. The Kier molecular flexibility index (Phi) is 7.23. The van der Waals surface area contributed by atoms with Crippen LogP contribution in [0.1, 0.15) is 13.3 Å². The van der Waals surface area contributed by atoms with Gasteiger partial charge < -0.3 is 20.1 Å². The zero-order chi connectivity index (χ0) is 17.2. The number of ether oxygens (including phenoxy) is 2. The number of halogens is 1. The molecule has 0 aliphatic rings. The first-order valence-electron chi connectivity index (χ1n) is 7.83. The van der Waals surface area contributed by atoms with Crippen LogP contribution in [0.15, 0.2) is 48.5 Å². The Labute approximate surface area is 146 Å². The van der Waals surface area contributed by atoms with Crippen LogP contribution in [0, 0.1) is 0 Å². The smallest absolute Gasteiger partial charge is 0.319 e. The molecule has 0 aromatic heterocycles. The third kappa shape index (κ3) is 6.38. The van der Waals surface area contributed by atoms with Crippen molar-refractivity contribution >= 4 is 23.3 Å². The molecule has 2 aromatic rings. The molecule has 0 fully saturated rings. The van der Waals surface area contributed by atoms with E-state index in [4.69, 9.17) is 21.1 Å². The minimum absolute atomic E-state index is 0.224. The van der Waals surface area contributed by atoms with E-state index in [1.807, 2.05) is 31.2 Å². The van der Waals surface area contributed by atoms with Gasteiger partial charge in [-0.15, -0.1) is 0 Å². The van der Waals surface area contributed by atoms with Crippen molar-refractivity contribution in [2.45, 2.75) is 13.3 Å². The van der Waals surface area contributed by atoms with E-state index in [2.05, 4.69) is 10.6 Å². The number of rotatable bonds is 8. The largest absolute Gasteiger partial charge is 0.490 e. The molecule has 2 N–H and O–H groups in total. The van der Waals surface area contributed by atoms with Gasteiger partial charge in [0, 0.05) is 23.3 Å². The fourth-order valence-electron chi connectivity index (χ4n) is 1.95. The second-order valence-electron chi connectivity index (χ2n) is 5.06. The van der Waals surface area contributed by atoms with Crippen molar-refractivity contribution in [2.75, 3.05) is 25.1 Å². The molecule has 0 atom stereocenters. The lowest BCUT2D eigenvalue weighted by Gasteiger charge is -2.11. The average Bonchev–Trinajstić information content (AvgIpc) is 2.57. The van der Waals surface area contributed by atoms with E-state index in [0.29, 0.717) is 42.0 Å². The molecule has 0 unspecified atom stereocenters. The minimum atomic E-state index is -0.224. The van der Waals surface area contributed by atoms with E-state index < -0.39 is 0 Å². The lowest BCUT2D eigenvalue weighted by Crippen LogP contribution is -2.29. The molecule has 0 bridgehead atoms. The third-order valence-corrected chi connectivity index (χ3v) is 3.28. The molecule has 0 radical (unpaired) electrons. The fraction of sp³-hybridized carbons (Fsp3) is 0.278. The molecular weight excluding hydrogens is 328 g/mol. The maximum absolute atomic E-state index is 11.6. The summed E-state index contributed by atoms with van der Waals surface area (Å²) in [5, 5.41) is 6.15. The molecule has 0 saturated heterocycles. The predicted octanol–water partition coefficient (Wildman–Crippen LogP) is 4.33. The van der Waals surface area contributed by atoms with Gasteiger partial charge in [-0.05, 0) is 36.8 Å². The van der Waals surface area contributed by atoms with Gasteiger partial charge in [0.1, 0.15) is 24.7 Å². The van der Waals surface area contributed by atoms with Gasteiger partial charge >= 0.3 is 6.03 Å². The first-order valence-corrected chi connectivity index (χ1v) is 8.21. The molecule has 0 aliphatic carbocycles. The summed E-state index contributed by atoms with van der Waals surface area (Å²) in [6.07, 6.45) is 0.892. The highest BCUT2D eigenvalue weighted by atomic mass is 35.5.